The van der Waals surface area contributed by atoms with Crippen LogP contribution in [0, 0.1) is 0 Å². The van der Waals surface area contributed by atoms with Gasteiger partial charge in [0.2, 0.25) is 5.91 Å². The molecule has 0 unspecified atom stereocenters. The van der Waals surface area contributed by atoms with Crippen LogP contribution in [0.15, 0.2) is 58.5 Å². The van der Waals surface area contributed by atoms with Crippen LogP contribution in [-0.4, -0.2) is 24.6 Å². The highest BCUT2D eigenvalue weighted by molar-refractivity contribution is 7.85. The fraction of sp³-hybridized carbons (Fsp3) is 0.125. The maximum Gasteiger partial charge on any atom is 0.294 e. The van der Waals surface area contributed by atoms with E-state index in [-0.39, 0.29) is 17.2 Å². The first kappa shape index (κ1) is 18.9. The molecule has 3 N–H and O–H groups in total. The van der Waals surface area contributed by atoms with E-state index in [1.807, 2.05) is 0 Å². The lowest BCUT2D eigenvalue weighted by molar-refractivity contribution is -0.115. The van der Waals surface area contributed by atoms with Crippen LogP contribution in [0.25, 0.3) is 0 Å². The van der Waals surface area contributed by atoms with E-state index >= 15 is 0 Å². The van der Waals surface area contributed by atoms with E-state index in [4.69, 9.17) is 16.2 Å². The minimum atomic E-state index is -4.23. The van der Waals surface area contributed by atoms with Gasteiger partial charge in [0.15, 0.2) is 0 Å². The molecule has 0 atom stereocenters. The Morgan fingerprint density at radius 3 is 2.40 bits per heavy atom. The molecule has 9 heteroatoms. The molecule has 1 amide bonds. The summed E-state index contributed by atoms with van der Waals surface area (Å²) in [6.45, 7) is 1.67. The van der Waals surface area contributed by atoms with E-state index in [2.05, 4.69) is 15.8 Å². The number of rotatable bonds is 6. The Hall–Kier alpha value is -2.42. The topological polar surface area (TPSA) is 108 Å². The monoisotopic (exact) mass is 381 g/mol. The van der Waals surface area contributed by atoms with Crippen molar-refractivity contribution < 1.29 is 17.8 Å². The Labute approximate surface area is 150 Å². The molecule has 0 fully saturated rings. The van der Waals surface area contributed by atoms with Gasteiger partial charge in [-0.05, 0) is 43.3 Å². The van der Waals surface area contributed by atoms with E-state index in [1.165, 1.54) is 24.3 Å². The summed E-state index contributed by atoms with van der Waals surface area (Å²) in [6.07, 6.45) is 0.0569. The SMILES string of the molecule is C/C(CC(=O)Nc1ccccc1Cl)=N/Nc1ccc(S(=O)(=O)O)cc1. The summed E-state index contributed by atoms with van der Waals surface area (Å²) in [5, 5.41) is 7.19. The van der Waals surface area contributed by atoms with Crippen LogP contribution in [0.4, 0.5) is 11.4 Å². The van der Waals surface area contributed by atoms with Gasteiger partial charge in [-0.2, -0.15) is 13.5 Å². The number of carbonyl (C=O) groups is 1. The number of anilines is 2. The quantitative estimate of drug-likeness (QED) is 0.403. The third-order valence-electron chi connectivity index (χ3n) is 3.09. The number of benzene rings is 2. The van der Waals surface area contributed by atoms with Crippen molar-refractivity contribution in [2.45, 2.75) is 18.2 Å². The molecule has 0 saturated heterocycles. The largest absolute Gasteiger partial charge is 0.324 e. The van der Waals surface area contributed by atoms with Crippen molar-refractivity contribution >= 4 is 44.7 Å². The van der Waals surface area contributed by atoms with Crippen molar-refractivity contribution in [1.29, 1.82) is 0 Å². The first-order valence-electron chi connectivity index (χ1n) is 7.17. The third-order valence-corrected chi connectivity index (χ3v) is 4.29. The maximum absolute atomic E-state index is 12.0. The Bertz CT molecular complexity index is 896. The molecule has 7 nitrogen and oxygen atoms in total. The Balaban J connectivity index is 1.93. The van der Waals surface area contributed by atoms with E-state index in [0.29, 0.717) is 22.1 Å². The van der Waals surface area contributed by atoms with Crippen LogP contribution >= 0.6 is 11.6 Å². The number of hydrogen-bond acceptors (Lipinski definition) is 5. The van der Waals surface area contributed by atoms with E-state index in [1.54, 1.807) is 31.2 Å². The molecule has 0 spiro atoms. The molecule has 0 aliphatic rings. The summed E-state index contributed by atoms with van der Waals surface area (Å²) in [5.41, 5.74) is 4.26. The fourth-order valence-corrected chi connectivity index (χ4v) is 2.55. The van der Waals surface area contributed by atoms with Gasteiger partial charge in [0.25, 0.3) is 10.1 Å². The van der Waals surface area contributed by atoms with Gasteiger partial charge in [-0.1, -0.05) is 23.7 Å². The number of hydrogen-bond donors (Lipinski definition) is 3. The first-order chi connectivity index (χ1) is 11.8. The highest BCUT2D eigenvalue weighted by Gasteiger charge is 2.09. The molecular formula is C16H16ClN3O4S. The number of para-hydroxylation sites is 1. The minimum Gasteiger partial charge on any atom is -0.324 e. The smallest absolute Gasteiger partial charge is 0.294 e. The molecule has 2 aromatic carbocycles. The molecule has 25 heavy (non-hydrogen) atoms. The second-order valence-electron chi connectivity index (χ2n) is 5.16. The molecule has 2 aromatic rings. The van der Waals surface area contributed by atoms with Crippen molar-refractivity contribution in [3.05, 3.63) is 53.6 Å². The molecule has 132 valence electrons. The summed E-state index contributed by atoms with van der Waals surface area (Å²) < 4.78 is 30.8. The van der Waals surface area contributed by atoms with Gasteiger partial charge < -0.3 is 5.32 Å². The molecule has 0 aromatic heterocycles. The molecule has 0 heterocycles. The van der Waals surface area contributed by atoms with Gasteiger partial charge in [0, 0.05) is 5.71 Å². The second-order valence-corrected chi connectivity index (χ2v) is 6.99. The second kappa shape index (κ2) is 8.11. The molecule has 0 bridgehead atoms. The lowest BCUT2D eigenvalue weighted by Gasteiger charge is -2.07. The van der Waals surface area contributed by atoms with Crippen molar-refractivity contribution in [3.63, 3.8) is 0 Å². The van der Waals surface area contributed by atoms with Gasteiger partial charge in [0.1, 0.15) is 0 Å². The van der Waals surface area contributed by atoms with Crippen LogP contribution in [0.5, 0.6) is 0 Å². The van der Waals surface area contributed by atoms with Crippen LogP contribution < -0.4 is 10.7 Å². The average molecular weight is 382 g/mol. The third kappa shape index (κ3) is 5.86. The van der Waals surface area contributed by atoms with Gasteiger partial charge in [-0.3, -0.25) is 14.8 Å². The lowest BCUT2D eigenvalue weighted by Crippen LogP contribution is -2.15. The summed E-state index contributed by atoms with van der Waals surface area (Å²) in [7, 11) is -4.23. The van der Waals surface area contributed by atoms with Gasteiger partial charge in [-0.25, -0.2) is 0 Å². The predicted octanol–water partition coefficient (Wildman–Crippen LogP) is 3.40. The van der Waals surface area contributed by atoms with E-state index in [9.17, 15) is 13.2 Å². The van der Waals surface area contributed by atoms with Crippen LogP contribution in [-0.2, 0) is 14.9 Å². The lowest BCUT2D eigenvalue weighted by atomic mass is 10.2. The number of halogens is 1. The Kier molecular flexibility index (Phi) is 6.13. The maximum atomic E-state index is 12.0. The van der Waals surface area contributed by atoms with Gasteiger partial charge in [-0.15, -0.1) is 0 Å². The average Bonchev–Trinajstić information content (AvgIpc) is 2.54. The van der Waals surface area contributed by atoms with Crippen LogP contribution in [0.3, 0.4) is 0 Å². The van der Waals surface area contributed by atoms with Crippen molar-refractivity contribution in [3.8, 4) is 0 Å². The van der Waals surface area contributed by atoms with Crippen molar-refractivity contribution in [1.82, 2.24) is 0 Å². The standard InChI is InChI=1S/C16H16ClN3O4S/c1-11(10-16(21)18-15-5-3-2-4-14(15)17)19-20-12-6-8-13(9-7-12)25(22,23)24/h2-9,20H,10H2,1H3,(H,18,21)(H,22,23,24)/b19-11-. The molecule has 0 aliphatic carbocycles. The number of nitrogens with zero attached hydrogens (tertiary/aromatic N) is 1. The minimum absolute atomic E-state index is 0.0569. The first-order valence-corrected chi connectivity index (χ1v) is 8.98. The van der Waals surface area contributed by atoms with Crippen LogP contribution in [0.1, 0.15) is 13.3 Å². The summed E-state index contributed by atoms with van der Waals surface area (Å²) in [6, 6.07) is 12.3. The molecular weight excluding hydrogens is 366 g/mol. The van der Waals surface area contributed by atoms with Gasteiger partial charge in [0.05, 0.1) is 27.7 Å². The number of amides is 1. The normalized spacial score (nSPS) is 11.9. The predicted molar refractivity (Wildman–Crippen MR) is 97.7 cm³/mol. The number of hydrazone groups is 1. The molecule has 0 radical (unpaired) electrons. The molecule has 0 aliphatic heterocycles. The molecule has 2 rings (SSSR count). The Morgan fingerprint density at radius 1 is 1.16 bits per heavy atom. The highest BCUT2D eigenvalue weighted by atomic mass is 35.5. The van der Waals surface area contributed by atoms with Crippen molar-refractivity contribution in [2.24, 2.45) is 5.10 Å². The summed E-state index contributed by atoms with van der Waals surface area (Å²) in [5.74, 6) is -0.266. The zero-order valence-corrected chi connectivity index (χ0v) is 14.8. The van der Waals surface area contributed by atoms with Gasteiger partial charge >= 0.3 is 0 Å². The van der Waals surface area contributed by atoms with Crippen LogP contribution in [0.2, 0.25) is 5.02 Å². The number of nitrogens with one attached hydrogen (secondary N) is 2. The zero-order valence-electron chi connectivity index (χ0n) is 13.2. The van der Waals surface area contributed by atoms with E-state index in [0.717, 1.165) is 0 Å². The number of carbonyl (C=O) groups excluding carboxylic acids is 1. The fourth-order valence-electron chi connectivity index (χ4n) is 1.89. The summed E-state index contributed by atoms with van der Waals surface area (Å²) >= 11 is 5.97. The zero-order chi connectivity index (χ0) is 18.4. The van der Waals surface area contributed by atoms with Crippen molar-refractivity contribution in [2.75, 3.05) is 10.7 Å². The molecule has 0 saturated carbocycles. The van der Waals surface area contributed by atoms with E-state index < -0.39 is 10.1 Å². The highest BCUT2D eigenvalue weighted by Crippen LogP contribution is 2.20. The summed E-state index contributed by atoms with van der Waals surface area (Å²) in [4.78, 5) is 11.8. The Morgan fingerprint density at radius 2 is 1.80 bits per heavy atom.